The van der Waals surface area contributed by atoms with Gasteiger partial charge in [-0.2, -0.15) is 0 Å². The second kappa shape index (κ2) is 9.98. The quantitative estimate of drug-likeness (QED) is 0.357. The average molecular weight is 404 g/mol. The average Bonchev–Trinajstić information content (AvgIpc) is 2.75. The van der Waals surface area contributed by atoms with Crippen LogP contribution in [0.3, 0.4) is 0 Å². The topological polar surface area (TPSA) is 105 Å². The van der Waals surface area contributed by atoms with E-state index in [1.165, 1.54) is 37.4 Å². The molecule has 152 valence electrons. The maximum Gasteiger partial charge on any atom is 0.338 e. The summed E-state index contributed by atoms with van der Waals surface area (Å²) in [6.45, 7) is -0.133. The van der Waals surface area contributed by atoms with Gasteiger partial charge in [-0.25, -0.2) is 14.0 Å². The summed E-state index contributed by atoms with van der Waals surface area (Å²) >= 11 is 0. The van der Waals surface area contributed by atoms with Crippen molar-refractivity contribution in [3.8, 4) is 11.5 Å². The number of aldehydes is 2. The summed E-state index contributed by atoms with van der Waals surface area (Å²) in [5.74, 6) is -2.50. The summed E-state index contributed by atoms with van der Waals surface area (Å²) in [7, 11) is 2.30. The van der Waals surface area contributed by atoms with Crippen LogP contribution in [-0.4, -0.2) is 51.9 Å². The maximum absolute atomic E-state index is 14.4. The first-order valence-corrected chi connectivity index (χ1v) is 8.26. The summed E-state index contributed by atoms with van der Waals surface area (Å²) < 4.78 is 34.1. The molecule has 8 nitrogen and oxygen atoms in total. The largest absolute Gasteiger partial charge is 0.490 e. The zero-order valence-electron chi connectivity index (χ0n) is 15.6. The lowest BCUT2D eigenvalue weighted by atomic mass is 10.1. The number of rotatable bonds is 9. The Morgan fingerprint density at radius 2 is 1.55 bits per heavy atom. The molecule has 0 spiro atoms. The highest BCUT2D eigenvalue weighted by Gasteiger charge is 2.19. The summed E-state index contributed by atoms with van der Waals surface area (Å²) in [6.07, 6.45) is 0.721. The highest BCUT2D eigenvalue weighted by molar-refractivity contribution is 5.99. The van der Waals surface area contributed by atoms with Gasteiger partial charge in [-0.1, -0.05) is 0 Å². The minimum atomic E-state index is -0.994. The van der Waals surface area contributed by atoms with Gasteiger partial charge in [0.1, 0.15) is 19.0 Å². The van der Waals surface area contributed by atoms with Gasteiger partial charge in [0.25, 0.3) is 0 Å². The van der Waals surface area contributed by atoms with E-state index in [4.69, 9.17) is 9.47 Å². The first kappa shape index (κ1) is 21.5. The summed E-state index contributed by atoms with van der Waals surface area (Å²) in [5.41, 5.74) is -0.493. The molecule has 0 unspecified atom stereocenters. The van der Waals surface area contributed by atoms with Crippen LogP contribution in [0.15, 0.2) is 30.3 Å². The van der Waals surface area contributed by atoms with Gasteiger partial charge in [-0.05, 0) is 30.3 Å². The van der Waals surface area contributed by atoms with E-state index in [1.807, 2.05) is 0 Å². The Bertz CT molecular complexity index is 938. The minimum Gasteiger partial charge on any atom is -0.490 e. The first-order chi connectivity index (χ1) is 14.0. The Morgan fingerprint density at radius 3 is 2.17 bits per heavy atom. The van der Waals surface area contributed by atoms with Crippen LogP contribution in [0.1, 0.15) is 41.4 Å². The fraction of sp³-hybridized carbons (Fsp3) is 0.200. The number of hydrogen-bond donors (Lipinski definition) is 0. The van der Waals surface area contributed by atoms with E-state index in [-0.39, 0.29) is 47.7 Å². The Labute approximate surface area is 165 Å². The molecular weight excluding hydrogens is 387 g/mol. The number of carbonyl (C=O) groups excluding carboxylic acids is 4. The summed E-state index contributed by atoms with van der Waals surface area (Å²) in [5, 5.41) is 0. The third-order valence-electron chi connectivity index (χ3n) is 3.83. The van der Waals surface area contributed by atoms with Crippen LogP contribution in [-0.2, 0) is 9.47 Å². The predicted octanol–water partition coefficient (Wildman–Crippen LogP) is 2.48. The van der Waals surface area contributed by atoms with Gasteiger partial charge in [0.15, 0.2) is 24.1 Å². The van der Waals surface area contributed by atoms with Crippen molar-refractivity contribution < 1.29 is 42.5 Å². The number of ether oxygens (including phenoxy) is 4. The number of carbonyl (C=O) groups is 4. The number of benzene rings is 2. The zero-order chi connectivity index (χ0) is 21.4. The van der Waals surface area contributed by atoms with Crippen LogP contribution in [0.5, 0.6) is 11.5 Å². The van der Waals surface area contributed by atoms with E-state index in [2.05, 4.69) is 9.47 Å². The molecule has 0 atom stereocenters. The third kappa shape index (κ3) is 4.95. The number of methoxy groups -OCH3 is 2. The van der Waals surface area contributed by atoms with Crippen molar-refractivity contribution in [1.29, 1.82) is 0 Å². The fourth-order valence-corrected chi connectivity index (χ4v) is 2.41. The maximum atomic E-state index is 14.4. The van der Waals surface area contributed by atoms with Gasteiger partial charge in [-0.3, -0.25) is 9.59 Å². The fourth-order valence-electron chi connectivity index (χ4n) is 2.41. The van der Waals surface area contributed by atoms with Crippen molar-refractivity contribution in [2.75, 3.05) is 27.4 Å². The Morgan fingerprint density at radius 1 is 0.897 bits per heavy atom. The molecular formula is C20H17FO8. The van der Waals surface area contributed by atoms with Gasteiger partial charge in [0.2, 0.25) is 0 Å². The first-order valence-electron chi connectivity index (χ1n) is 8.26. The second-order valence-electron chi connectivity index (χ2n) is 5.50. The van der Waals surface area contributed by atoms with Gasteiger partial charge >= 0.3 is 11.9 Å². The number of hydrogen-bond acceptors (Lipinski definition) is 8. The molecule has 0 fully saturated rings. The second-order valence-corrected chi connectivity index (χ2v) is 5.50. The number of halogens is 1. The molecule has 0 aliphatic carbocycles. The van der Waals surface area contributed by atoms with Gasteiger partial charge in [-0.15, -0.1) is 0 Å². The normalized spacial score (nSPS) is 10.0. The van der Waals surface area contributed by atoms with Crippen LogP contribution in [0.4, 0.5) is 4.39 Å². The molecule has 0 aliphatic rings. The van der Waals surface area contributed by atoms with Crippen LogP contribution in [0.25, 0.3) is 0 Å². The molecule has 0 aromatic heterocycles. The van der Waals surface area contributed by atoms with Crippen molar-refractivity contribution in [2.45, 2.75) is 0 Å². The Hall–Kier alpha value is -3.75. The highest BCUT2D eigenvalue weighted by Crippen LogP contribution is 2.24. The van der Waals surface area contributed by atoms with E-state index in [0.29, 0.717) is 6.29 Å². The molecule has 2 rings (SSSR count). The van der Waals surface area contributed by atoms with Crippen LogP contribution >= 0.6 is 0 Å². The Balaban J connectivity index is 2.04. The molecule has 0 heterocycles. The van der Waals surface area contributed by atoms with Crippen molar-refractivity contribution in [2.24, 2.45) is 0 Å². The zero-order valence-corrected chi connectivity index (χ0v) is 15.6. The van der Waals surface area contributed by atoms with Crippen LogP contribution in [0, 0.1) is 5.82 Å². The molecule has 0 radical (unpaired) electrons. The van der Waals surface area contributed by atoms with Crippen LogP contribution in [0.2, 0.25) is 0 Å². The molecule has 0 aliphatic heterocycles. The molecule has 2 aromatic rings. The van der Waals surface area contributed by atoms with Crippen molar-refractivity contribution >= 4 is 24.5 Å². The third-order valence-corrected chi connectivity index (χ3v) is 3.83. The molecule has 29 heavy (non-hydrogen) atoms. The van der Waals surface area contributed by atoms with Crippen molar-refractivity contribution in [3.63, 3.8) is 0 Å². The Kier molecular flexibility index (Phi) is 7.41. The monoisotopic (exact) mass is 404 g/mol. The molecule has 9 heteroatoms. The highest BCUT2D eigenvalue weighted by atomic mass is 19.1. The van der Waals surface area contributed by atoms with E-state index in [0.717, 1.165) is 7.11 Å². The number of esters is 2. The molecule has 2 aromatic carbocycles. The van der Waals surface area contributed by atoms with Crippen molar-refractivity contribution in [3.05, 3.63) is 58.4 Å². The molecule has 0 saturated heterocycles. The summed E-state index contributed by atoms with van der Waals surface area (Å²) in [4.78, 5) is 45.3. The molecule has 0 bridgehead atoms. The van der Waals surface area contributed by atoms with Gasteiger partial charge < -0.3 is 18.9 Å². The smallest absolute Gasteiger partial charge is 0.338 e. The summed E-state index contributed by atoms with van der Waals surface area (Å²) in [6, 6.07) is 6.63. The lowest BCUT2D eigenvalue weighted by Crippen LogP contribution is -2.13. The lowest BCUT2D eigenvalue weighted by molar-refractivity contribution is 0.0590. The van der Waals surface area contributed by atoms with E-state index >= 15 is 0 Å². The van der Waals surface area contributed by atoms with E-state index in [1.54, 1.807) is 0 Å². The van der Waals surface area contributed by atoms with Gasteiger partial charge in [0.05, 0.1) is 30.9 Å². The van der Waals surface area contributed by atoms with Gasteiger partial charge in [0, 0.05) is 5.56 Å². The van der Waals surface area contributed by atoms with E-state index in [9.17, 15) is 23.6 Å². The lowest BCUT2D eigenvalue weighted by Gasteiger charge is -2.12. The SMILES string of the molecule is COC(=O)c1cc(OCCOc2ccc(C(=O)OC)c(C=O)c2F)ccc1C=O. The predicted molar refractivity (Wildman–Crippen MR) is 97.3 cm³/mol. The van der Waals surface area contributed by atoms with E-state index < -0.39 is 23.3 Å². The molecule has 0 amide bonds. The van der Waals surface area contributed by atoms with Crippen molar-refractivity contribution in [1.82, 2.24) is 0 Å². The standard InChI is InChI=1S/C20H17FO8/c1-26-19(24)14-5-6-17(18(21)16(14)11-23)29-8-7-28-13-4-3-12(10-22)15(9-13)20(25)27-2/h3-6,9-11H,7-8H2,1-2H3. The molecule has 0 saturated carbocycles. The minimum absolute atomic E-state index is 0.0321. The van der Waals surface area contributed by atoms with Crippen LogP contribution < -0.4 is 9.47 Å². The molecule has 0 N–H and O–H groups in total.